The van der Waals surface area contributed by atoms with Crippen molar-refractivity contribution in [3.05, 3.63) is 0 Å². The third-order valence-corrected chi connectivity index (χ3v) is 4.78. The van der Waals surface area contributed by atoms with Gasteiger partial charge in [-0.25, -0.2) is 8.42 Å². The fourth-order valence-electron chi connectivity index (χ4n) is 1.18. The molecular weight excluding hydrogens is 160 g/mol. The summed E-state index contributed by atoms with van der Waals surface area (Å²) in [7, 11) is -2.76. The molecule has 1 fully saturated rings. The molecule has 0 unspecified atom stereocenters. The van der Waals surface area contributed by atoms with E-state index in [1.54, 1.807) is 13.8 Å². The Kier molecular flexibility index (Phi) is 2.58. The normalized spacial score (nSPS) is 20.3. The fraction of sp³-hybridized carbons (Fsp3) is 1.00. The van der Waals surface area contributed by atoms with Crippen molar-refractivity contribution in [1.29, 1.82) is 0 Å². The van der Waals surface area contributed by atoms with Gasteiger partial charge in [0.25, 0.3) is 0 Å². The molecule has 0 atom stereocenters. The maximum atomic E-state index is 11.3. The van der Waals surface area contributed by atoms with Crippen LogP contribution in [0.1, 0.15) is 33.1 Å². The summed E-state index contributed by atoms with van der Waals surface area (Å²) in [4.78, 5) is 0. The van der Waals surface area contributed by atoms with E-state index in [1.807, 2.05) is 0 Å². The molecule has 1 rings (SSSR count). The standard InChI is InChI=1S/C8H16O2S/c1-7(2)11(9,10)6-8-4-3-5-8/h7-8H,3-6H2,1-2H3. The summed E-state index contributed by atoms with van der Waals surface area (Å²) >= 11 is 0. The second-order valence-electron chi connectivity index (χ2n) is 3.68. The van der Waals surface area contributed by atoms with Crippen LogP contribution in [0, 0.1) is 5.92 Å². The van der Waals surface area contributed by atoms with Crippen LogP contribution in [-0.2, 0) is 9.84 Å². The van der Waals surface area contributed by atoms with Crippen molar-refractivity contribution in [3.8, 4) is 0 Å². The van der Waals surface area contributed by atoms with Crippen molar-refractivity contribution >= 4 is 9.84 Å². The van der Waals surface area contributed by atoms with Crippen LogP contribution >= 0.6 is 0 Å². The van der Waals surface area contributed by atoms with Crippen molar-refractivity contribution in [2.45, 2.75) is 38.4 Å². The zero-order valence-electron chi connectivity index (χ0n) is 7.21. The molecule has 0 aromatic carbocycles. The summed E-state index contributed by atoms with van der Waals surface area (Å²) in [5.41, 5.74) is 0. The van der Waals surface area contributed by atoms with Crippen molar-refractivity contribution in [1.82, 2.24) is 0 Å². The molecule has 1 saturated carbocycles. The van der Waals surface area contributed by atoms with Gasteiger partial charge in [0.1, 0.15) is 0 Å². The molecule has 1 aliphatic carbocycles. The summed E-state index contributed by atoms with van der Waals surface area (Å²) in [5.74, 6) is 0.896. The van der Waals surface area contributed by atoms with Crippen LogP contribution in [-0.4, -0.2) is 19.4 Å². The Bertz CT molecular complexity index is 212. The molecular formula is C8H16O2S. The Morgan fingerprint density at radius 1 is 1.36 bits per heavy atom. The number of rotatable bonds is 3. The molecule has 0 aliphatic heterocycles. The highest BCUT2D eigenvalue weighted by Crippen LogP contribution is 2.28. The predicted octanol–water partition coefficient (Wildman–Crippen LogP) is 1.61. The van der Waals surface area contributed by atoms with Gasteiger partial charge >= 0.3 is 0 Å². The van der Waals surface area contributed by atoms with Crippen molar-refractivity contribution in [3.63, 3.8) is 0 Å². The smallest absolute Gasteiger partial charge is 0.152 e. The van der Waals surface area contributed by atoms with Crippen molar-refractivity contribution in [2.24, 2.45) is 5.92 Å². The molecule has 0 spiro atoms. The van der Waals surface area contributed by atoms with Gasteiger partial charge in [-0.05, 0) is 32.6 Å². The summed E-state index contributed by atoms with van der Waals surface area (Å²) in [5, 5.41) is -0.192. The molecule has 3 heteroatoms. The third kappa shape index (κ3) is 2.19. The highest BCUT2D eigenvalue weighted by Gasteiger charge is 2.26. The van der Waals surface area contributed by atoms with E-state index < -0.39 is 9.84 Å². The van der Waals surface area contributed by atoms with Gasteiger partial charge in [-0.2, -0.15) is 0 Å². The highest BCUT2D eigenvalue weighted by atomic mass is 32.2. The number of hydrogen-bond acceptors (Lipinski definition) is 2. The first-order valence-electron chi connectivity index (χ1n) is 4.24. The molecule has 1 aliphatic rings. The van der Waals surface area contributed by atoms with E-state index in [-0.39, 0.29) is 5.25 Å². The molecule has 0 aromatic rings. The Balaban J connectivity index is 2.46. The van der Waals surface area contributed by atoms with E-state index in [9.17, 15) is 8.42 Å². The molecule has 0 saturated heterocycles. The van der Waals surface area contributed by atoms with Crippen molar-refractivity contribution < 1.29 is 8.42 Å². The average molecular weight is 176 g/mol. The molecule has 11 heavy (non-hydrogen) atoms. The minimum Gasteiger partial charge on any atom is -0.229 e. The maximum Gasteiger partial charge on any atom is 0.152 e. The van der Waals surface area contributed by atoms with Crippen LogP contribution in [0.2, 0.25) is 0 Å². The van der Waals surface area contributed by atoms with E-state index in [1.165, 1.54) is 6.42 Å². The first-order valence-corrected chi connectivity index (χ1v) is 5.95. The SMILES string of the molecule is CC(C)S(=O)(=O)CC1CCC1. The molecule has 0 amide bonds. The van der Waals surface area contributed by atoms with Gasteiger partial charge in [-0.15, -0.1) is 0 Å². The zero-order chi connectivity index (χ0) is 8.48. The van der Waals surface area contributed by atoms with Gasteiger partial charge in [0, 0.05) is 0 Å². The van der Waals surface area contributed by atoms with Gasteiger partial charge in [-0.1, -0.05) is 6.42 Å². The molecule has 0 bridgehead atoms. The quantitative estimate of drug-likeness (QED) is 0.654. The molecule has 2 nitrogen and oxygen atoms in total. The van der Waals surface area contributed by atoms with Gasteiger partial charge in [0.2, 0.25) is 0 Å². The largest absolute Gasteiger partial charge is 0.229 e. The summed E-state index contributed by atoms with van der Waals surface area (Å²) in [6, 6.07) is 0. The first kappa shape index (κ1) is 9.04. The van der Waals surface area contributed by atoms with Crippen LogP contribution in [0.4, 0.5) is 0 Å². The lowest BCUT2D eigenvalue weighted by atomic mass is 9.87. The van der Waals surface area contributed by atoms with Gasteiger partial charge in [-0.3, -0.25) is 0 Å². The van der Waals surface area contributed by atoms with Crippen LogP contribution in [0.5, 0.6) is 0 Å². The fourth-order valence-corrected chi connectivity index (χ4v) is 2.56. The first-order chi connectivity index (χ1) is 5.02. The number of hydrogen-bond donors (Lipinski definition) is 0. The number of sulfone groups is 1. The molecule has 0 radical (unpaired) electrons. The second-order valence-corrected chi connectivity index (χ2v) is 6.28. The van der Waals surface area contributed by atoms with Crippen LogP contribution in [0.3, 0.4) is 0 Å². The summed E-state index contributed by atoms with van der Waals surface area (Å²) in [6.07, 6.45) is 3.45. The van der Waals surface area contributed by atoms with Gasteiger partial charge in [0.15, 0.2) is 9.84 Å². The maximum absolute atomic E-state index is 11.3. The Hall–Kier alpha value is -0.0500. The summed E-state index contributed by atoms with van der Waals surface area (Å²) in [6.45, 7) is 3.52. The second kappa shape index (κ2) is 3.13. The topological polar surface area (TPSA) is 34.1 Å². The summed E-state index contributed by atoms with van der Waals surface area (Å²) < 4.78 is 22.7. The van der Waals surface area contributed by atoms with Crippen LogP contribution in [0.25, 0.3) is 0 Å². The zero-order valence-corrected chi connectivity index (χ0v) is 8.02. The Labute approximate surface area is 68.9 Å². The molecule has 0 heterocycles. The van der Waals surface area contributed by atoms with E-state index >= 15 is 0 Å². The Morgan fingerprint density at radius 2 is 1.91 bits per heavy atom. The third-order valence-electron chi connectivity index (χ3n) is 2.41. The van der Waals surface area contributed by atoms with E-state index in [4.69, 9.17) is 0 Å². The van der Waals surface area contributed by atoms with Crippen molar-refractivity contribution in [2.75, 3.05) is 5.75 Å². The predicted molar refractivity (Wildman–Crippen MR) is 46.3 cm³/mol. The van der Waals surface area contributed by atoms with Gasteiger partial charge < -0.3 is 0 Å². The monoisotopic (exact) mass is 176 g/mol. The molecule has 0 aromatic heterocycles. The Morgan fingerprint density at radius 3 is 2.18 bits per heavy atom. The van der Waals surface area contributed by atoms with Crippen LogP contribution in [0.15, 0.2) is 0 Å². The van der Waals surface area contributed by atoms with E-state index in [0.29, 0.717) is 11.7 Å². The minimum absolute atomic E-state index is 0.192. The minimum atomic E-state index is -2.76. The highest BCUT2D eigenvalue weighted by molar-refractivity contribution is 7.91. The molecule has 66 valence electrons. The van der Waals surface area contributed by atoms with E-state index in [0.717, 1.165) is 12.8 Å². The van der Waals surface area contributed by atoms with Gasteiger partial charge in [0.05, 0.1) is 11.0 Å². The lowest BCUT2D eigenvalue weighted by Gasteiger charge is -2.25. The average Bonchev–Trinajstić information content (AvgIpc) is 1.79. The van der Waals surface area contributed by atoms with E-state index in [2.05, 4.69) is 0 Å². The van der Waals surface area contributed by atoms with Crippen LogP contribution < -0.4 is 0 Å². The lowest BCUT2D eigenvalue weighted by Crippen LogP contribution is -2.27. The molecule has 0 N–H and O–H groups in total. The lowest BCUT2D eigenvalue weighted by molar-refractivity contribution is 0.346.